The van der Waals surface area contributed by atoms with E-state index in [0.717, 1.165) is 9.36 Å². The number of halogens is 4. The standard InChI is InChI=1S/C27H26ClF3N8O7S/c1-2-46-25(42)18-4-3-9-32-22(18)39-23(24(41)36-10-12-47(44,45)13-11-36)33-20(34-39)15-38-26(43)37(14-19(40)27(29,30)31)21(35-38)16-5-7-17(28)8-6-16/h3-9,19,40H,2,10-15H2,1H3. The average Bonchev–Trinajstić information content (AvgIpc) is 3.58. The highest BCUT2D eigenvalue weighted by atomic mass is 35.5. The third kappa shape index (κ3) is 7.36. The molecule has 1 fully saturated rings. The van der Waals surface area contributed by atoms with Gasteiger partial charge in [-0.2, -0.15) is 17.9 Å². The number of aromatic nitrogens is 7. The number of sulfone groups is 1. The van der Waals surface area contributed by atoms with E-state index in [0.29, 0.717) is 9.59 Å². The molecule has 1 amide bonds. The first kappa shape index (κ1) is 33.7. The van der Waals surface area contributed by atoms with Crippen LogP contribution in [0.2, 0.25) is 5.02 Å². The van der Waals surface area contributed by atoms with E-state index in [2.05, 4.69) is 20.2 Å². The SMILES string of the molecule is CCOC(=O)c1cccnc1-n1nc(Cn2nc(-c3ccc(Cl)cc3)n(CC(O)C(F)(F)F)c2=O)nc1C(=O)N1CCS(=O)(=O)CC1. The summed E-state index contributed by atoms with van der Waals surface area (Å²) in [6, 6.07) is 8.54. The van der Waals surface area contributed by atoms with Crippen LogP contribution in [0.4, 0.5) is 13.2 Å². The number of hydrogen-bond donors (Lipinski definition) is 1. The summed E-state index contributed by atoms with van der Waals surface area (Å²) in [4.78, 5) is 49.5. The normalized spacial score (nSPS) is 15.4. The second-order valence-electron chi connectivity index (χ2n) is 10.2. The van der Waals surface area contributed by atoms with Crippen molar-refractivity contribution in [3.05, 3.63) is 75.3 Å². The number of aliphatic hydroxyl groups excluding tert-OH is 1. The summed E-state index contributed by atoms with van der Waals surface area (Å²) in [6.45, 7) is -0.436. The van der Waals surface area contributed by atoms with Crippen molar-refractivity contribution in [3.8, 4) is 17.2 Å². The minimum Gasteiger partial charge on any atom is -0.462 e. The van der Waals surface area contributed by atoms with Gasteiger partial charge < -0.3 is 14.7 Å². The van der Waals surface area contributed by atoms with Crippen LogP contribution in [-0.2, 0) is 27.7 Å². The van der Waals surface area contributed by atoms with Crippen molar-refractivity contribution in [3.63, 3.8) is 0 Å². The second kappa shape index (κ2) is 13.2. The molecule has 1 aromatic carbocycles. The van der Waals surface area contributed by atoms with Crippen LogP contribution >= 0.6 is 11.6 Å². The molecule has 0 aliphatic carbocycles. The number of pyridine rings is 1. The molecule has 0 spiro atoms. The number of nitrogens with zero attached hydrogens (tertiary/aromatic N) is 8. The lowest BCUT2D eigenvalue weighted by molar-refractivity contribution is -0.207. The van der Waals surface area contributed by atoms with Crippen LogP contribution in [0, 0.1) is 0 Å². The summed E-state index contributed by atoms with van der Waals surface area (Å²) in [5.74, 6) is -3.14. The van der Waals surface area contributed by atoms with Gasteiger partial charge in [0.15, 0.2) is 33.4 Å². The molecular formula is C27H26ClF3N8O7S. The summed E-state index contributed by atoms with van der Waals surface area (Å²) in [5.41, 5.74) is -0.941. The number of benzene rings is 1. The highest BCUT2D eigenvalue weighted by Gasteiger charge is 2.39. The molecule has 1 saturated heterocycles. The van der Waals surface area contributed by atoms with Crippen LogP contribution < -0.4 is 5.69 Å². The molecule has 4 heterocycles. The molecule has 250 valence electrons. The number of amides is 1. The van der Waals surface area contributed by atoms with Gasteiger partial charge in [0, 0.05) is 29.9 Å². The Bertz CT molecular complexity index is 1960. The number of carbonyl (C=O) groups is 2. The summed E-state index contributed by atoms with van der Waals surface area (Å²) in [6.07, 6.45) is -6.62. The Kier molecular flexibility index (Phi) is 9.51. The van der Waals surface area contributed by atoms with E-state index in [1.54, 1.807) is 6.92 Å². The molecule has 4 aromatic rings. The predicted molar refractivity (Wildman–Crippen MR) is 158 cm³/mol. The van der Waals surface area contributed by atoms with Crippen molar-refractivity contribution in [2.45, 2.75) is 32.3 Å². The van der Waals surface area contributed by atoms with Crippen LogP contribution in [0.15, 0.2) is 47.4 Å². The van der Waals surface area contributed by atoms with Crippen molar-refractivity contribution in [1.82, 2.24) is 39.0 Å². The fourth-order valence-corrected chi connectivity index (χ4v) is 5.96. The van der Waals surface area contributed by atoms with E-state index in [9.17, 15) is 41.1 Å². The summed E-state index contributed by atoms with van der Waals surface area (Å²) in [5, 5.41) is 18.6. The van der Waals surface area contributed by atoms with E-state index >= 15 is 0 Å². The molecule has 0 radical (unpaired) electrons. The molecule has 3 aromatic heterocycles. The smallest absolute Gasteiger partial charge is 0.416 e. The zero-order valence-corrected chi connectivity index (χ0v) is 26.0. The number of alkyl halides is 3. The Morgan fingerprint density at radius 3 is 2.43 bits per heavy atom. The molecule has 0 saturated carbocycles. The maximum atomic E-state index is 13.7. The van der Waals surface area contributed by atoms with E-state index in [-0.39, 0.29) is 65.6 Å². The molecule has 1 unspecified atom stereocenters. The lowest BCUT2D eigenvalue weighted by Gasteiger charge is -2.26. The van der Waals surface area contributed by atoms with Gasteiger partial charge in [-0.25, -0.2) is 32.7 Å². The predicted octanol–water partition coefficient (Wildman–Crippen LogP) is 1.36. The number of aliphatic hydroxyl groups is 1. The van der Waals surface area contributed by atoms with Gasteiger partial charge in [0.25, 0.3) is 5.91 Å². The average molecular weight is 699 g/mol. The van der Waals surface area contributed by atoms with E-state index < -0.39 is 52.8 Å². The zero-order valence-electron chi connectivity index (χ0n) is 24.5. The van der Waals surface area contributed by atoms with E-state index in [1.165, 1.54) is 47.5 Å². The van der Waals surface area contributed by atoms with Gasteiger partial charge in [-0.05, 0) is 43.3 Å². The molecule has 1 atom stereocenters. The fourth-order valence-electron chi connectivity index (χ4n) is 4.63. The summed E-state index contributed by atoms with van der Waals surface area (Å²) >= 11 is 5.94. The van der Waals surface area contributed by atoms with Crippen molar-refractivity contribution in [2.75, 3.05) is 31.2 Å². The van der Waals surface area contributed by atoms with Crippen LogP contribution in [0.5, 0.6) is 0 Å². The zero-order chi connectivity index (χ0) is 34.1. The molecule has 15 nitrogen and oxygen atoms in total. The van der Waals surface area contributed by atoms with Gasteiger partial charge in [0.1, 0.15) is 12.1 Å². The summed E-state index contributed by atoms with van der Waals surface area (Å²) in [7, 11) is -3.36. The number of rotatable bonds is 9. The maximum absolute atomic E-state index is 13.7. The monoisotopic (exact) mass is 698 g/mol. The van der Waals surface area contributed by atoms with Gasteiger partial charge in [-0.15, -0.1) is 10.2 Å². The van der Waals surface area contributed by atoms with Crippen molar-refractivity contribution in [1.29, 1.82) is 0 Å². The lowest BCUT2D eigenvalue weighted by Crippen LogP contribution is -2.44. The van der Waals surface area contributed by atoms with Gasteiger partial charge in [-0.3, -0.25) is 9.36 Å². The first-order valence-electron chi connectivity index (χ1n) is 13.9. The van der Waals surface area contributed by atoms with Crippen molar-refractivity contribution in [2.24, 2.45) is 0 Å². The third-order valence-electron chi connectivity index (χ3n) is 7.01. The largest absolute Gasteiger partial charge is 0.462 e. The quantitative estimate of drug-likeness (QED) is 0.249. The number of esters is 1. The lowest BCUT2D eigenvalue weighted by atomic mass is 10.2. The molecular weight excluding hydrogens is 673 g/mol. The Labute approximate surface area is 269 Å². The number of hydrogen-bond acceptors (Lipinski definition) is 11. The Morgan fingerprint density at radius 2 is 1.79 bits per heavy atom. The molecule has 47 heavy (non-hydrogen) atoms. The number of carbonyl (C=O) groups excluding carboxylic acids is 2. The molecule has 1 aliphatic rings. The molecule has 1 N–H and O–H groups in total. The van der Waals surface area contributed by atoms with Crippen molar-refractivity contribution < 1.29 is 41.0 Å². The first-order chi connectivity index (χ1) is 22.2. The van der Waals surface area contributed by atoms with Gasteiger partial charge in [-0.1, -0.05) is 11.6 Å². The maximum Gasteiger partial charge on any atom is 0.416 e. The van der Waals surface area contributed by atoms with E-state index in [1.807, 2.05) is 0 Å². The Balaban J connectivity index is 1.60. The van der Waals surface area contributed by atoms with Crippen LogP contribution in [0.1, 0.15) is 33.7 Å². The van der Waals surface area contributed by atoms with Gasteiger partial charge in [0.2, 0.25) is 5.82 Å². The second-order valence-corrected chi connectivity index (χ2v) is 13.0. The van der Waals surface area contributed by atoms with Crippen molar-refractivity contribution >= 4 is 33.3 Å². The number of ether oxygens (including phenoxy) is 1. The minimum atomic E-state index is -5.04. The topological polar surface area (TPSA) is 184 Å². The Hall–Kier alpha value is -4.62. The first-order valence-corrected chi connectivity index (χ1v) is 16.1. The van der Waals surface area contributed by atoms with Gasteiger partial charge >= 0.3 is 17.8 Å². The summed E-state index contributed by atoms with van der Waals surface area (Å²) < 4.78 is 71.2. The fraction of sp³-hybridized carbons (Fsp3) is 0.370. The molecule has 20 heteroatoms. The minimum absolute atomic E-state index is 0.0222. The molecule has 5 rings (SSSR count). The highest BCUT2D eigenvalue weighted by molar-refractivity contribution is 7.91. The van der Waals surface area contributed by atoms with Gasteiger partial charge in [0.05, 0.1) is 24.7 Å². The molecule has 1 aliphatic heterocycles. The van der Waals surface area contributed by atoms with Crippen LogP contribution in [0.25, 0.3) is 17.2 Å². The third-order valence-corrected chi connectivity index (χ3v) is 8.87. The Morgan fingerprint density at radius 1 is 1.11 bits per heavy atom. The van der Waals surface area contributed by atoms with Crippen LogP contribution in [-0.4, -0.2) is 108 Å². The van der Waals surface area contributed by atoms with E-state index in [4.69, 9.17) is 16.3 Å². The highest BCUT2D eigenvalue weighted by Crippen LogP contribution is 2.24. The van der Waals surface area contributed by atoms with Crippen LogP contribution in [0.3, 0.4) is 0 Å². The molecule has 0 bridgehead atoms.